The third-order valence-electron chi connectivity index (χ3n) is 1.64. The number of aliphatic carboxylic acids is 2. The average Bonchev–Trinajstić information content (AvgIpc) is 2.18. The molecule has 0 fully saturated rings. The van der Waals surface area contributed by atoms with E-state index in [2.05, 4.69) is 0 Å². The number of rotatable bonds is 4. The fourth-order valence-corrected chi connectivity index (χ4v) is 0.289. The Bertz CT molecular complexity index is 224. The van der Waals surface area contributed by atoms with E-state index in [1.807, 2.05) is 0 Å². The van der Waals surface area contributed by atoms with Crippen LogP contribution in [0.15, 0.2) is 0 Å². The van der Waals surface area contributed by atoms with E-state index in [0.29, 0.717) is 0 Å². The third kappa shape index (κ3) is 9.14. The van der Waals surface area contributed by atoms with E-state index in [1.165, 1.54) is 13.8 Å². The van der Waals surface area contributed by atoms with Gasteiger partial charge in [-0.05, 0) is 0 Å². The molecule has 0 radical (unpaired) electrons. The molecule has 0 amide bonds. The Labute approximate surface area is 110 Å². The number of carbonyl (C=O) groups is 2. The van der Waals surface area contributed by atoms with Gasteiger partial charge in [0.1, 0.15) is 11.9 Å². The monoisotopic (exact) mass is 302 g/mol. The maximum atomic E-state index is 9.64. The summed E-state index contributed by atoms with van der Waals surface area (Å²) in [7, 11) is 0. The van der Waals surface area contributed by atoms with Gasteiger partial charge in [-0.25, -0.2) is 0 Å². The van der Waals surface area contributed by atoms with Crippen LogP contribution in [0.2, 0.25) is 0 Å². The normalized spacial score (nSPS) is 10.7. The zero-order valence-electron chi connectivity index (χ0n) is 9.54. The molecule has 4 N–H and O–H groups in total. The van der Waals surface area contributed by atoms with Gasteiger partial charge in [0.2, 0.25) is 11.6 Å². The number of carboxylic acid groups (broad SMARTS) is 2. The molecule has 0 heterocycles. The minimum atomic E-state index is -2.65. The van der Waals surface area contributed by atoms with Crippen molar-refractivity contribution in [3.8, 4) is 0 Å². The molecule has 0 aromatic heterocycles. The van der Waals surface area contributed by atoms with Crippen molar-refractivity contribution in [3.63, 3.8) is 0 Å². The van der Waals surface area contributed by atoms with Crippen LogP contribution in [0.25, 0.3) is 0 Å². The van der Waals surface area contributed by atoms with Crippen molar-refractivity contribution >= 4 is 11.9 Å². The Morgan fingerprint density at radius 2 is 1.06 bits per heavy atom. The third-order valence-corrected chi connectivity index (χ3v) is 1.64. The van der Waals surface area contributed by atoms with Gasteiger partial charge in [-0.15, -0.1) is 0 Å². The summed E-state index contributed by atoms with van der Waals surface area (Å²) in [6.07, 6.45) is -0.537. The molecule has 0 aromatic carbocycles. The Balaban J connectivity index is -0.000000218. The van der Waals surface area contributed by atoms with Crippen molar-refractivity contribution in [1.29, 1.82) is 0 Å². The Kier molecular flexibility index (Phi) is 10.8. The van der Waals surface area contributed by atoms with E-state index in [4.69, 9.17) is 20.4 Å². The van der Waals surface area contributed by atoms with Gasteiger partial charge in [0.05, 0.1) is 0 Å². The van der Waals surface area contributed by atoms with E-state index in [1.54, 1.807) is 0 Å². The molecule has 96 valence electrons. The molecule has 0 rings (SSSR count). The smallest absolute Gasteiger partial charge is 0.544 e. The van der Waals surface area contributed by atoms with Gasteiger partial charge in [-0.1, -0.05) is 13.8 Å². The first-order chi connectivity index (χ1) is 7.01. The summed E-state index contributed by atoms with van der Waals surface area (Å²) in [5.41, 5.74) is 0. The number of carboxylic acids is 2. The molecular formula is C8H14O8Zn. The van der Waals surface area contributed by atoms with E-state index in [9.17, 15) is 19.8 Å². The van der Waals surface area contributed by atoms with Gasteiger partial charge in [0, 0.05) is 12.8 Å². The Hall–Kier alpha value is -0.597. The predicted molar refractivity (Wildman–Crippen MR) is 44.9 cm³/mol. The van der Waals surface area contributed by atoms with Crippen molar-refractivity contribution < 1.29 is 59.7 Å². The molecular weight excluding hydrogens is 289 g/mol. The first-order valence-electron chi connectivity index (χ1n) is 4.33. The van der Waals surface area contributed by atoms with Crippen LogP contribution in [-0.2, 0) is 29.1 Å². The van der Waals surface area contributed by atoms with Crippen molar-refractivity contribution in [1.82, 2.24) is 0 Å². The van der Waals surface area contributed by atoms with E-state index in [0.717, 1.165) is 0 Å². The maximum Gasteiger partial charge on any atom is 2.00 e. The van der Waals surface area contributed by atoms with Gasteiger partial charge < -0.3 is 40.2 Å². The molecule has 0 aromatic rings. The first-order valence-corrected chi connectivity index (χ1v) is 4.33. The summed E-state index contributed by atoms with van der Waals surface area (Å²) in [5, 5.41) is 52.5. The largest absolute Gasteiger partial charge is 2.00 e. The summed E-state index contributed by atoms with van der Waals surface area (Å²) in [6.45, 7) is 2.66. The van der Waals surface area contributed by atoms with Crippen LogP contribution in [0.3, 0.4) is 0 Å². The minimum absolute atomic E-state index is 0. The SMILES string of the molecule is CCC(O)(O)C(=O)[O-].CCC(O)(O)C(=O)[O-].[Zn+2]. The van der Waals surface area contributed by atoms with Crippen molar-refractivity contribution in [2.24, 2.45) is 0 Å². The van der Waals surface area contributed by atoms with Crippen LogP contribution < -0.4 is 10.2 Å². The number of aliphatic hydroxyl groups is 4. The molecule has 8 nitrogen and oxygen atoms in total. The van der Waals surface area contributed by atoms with E-state index in [-0.39, 0.29) is 32.3 Å². The topological polar surface area (TPSA) is 161 Å². The molecule has 0 aliphatic heterocycles. The summed E-state index contributed by atoms with van der Waals surface area (Å²) in [4.78, 5) is 19.3. The maximum absolute atomic E-state index is 9.64. The van der Waals surface area contributed by atoms with E-state index < -0.39 is 23.5 Å². The van der Waals surface area contributed by atoms with Crippen LogP contribution in [0, 0.1) is 0 Å². The average molecular weight is 304 g/mol. The van der Waals surface area contributed by atoms with Crippen LogP contribution in [0.4, 0.5) is 0 Å². The quantitative estimate of drug-likeness (QED) is 0.299. The van der Waals surface area contributed by atoms with Gasteiger partial charge in [-0.2, -0.15) is 0 Å². The van der Waals surface area contributed by atoms with E-state index >= 15 is 0 Å². The summed E-state index contributed by atoms with van der Waals surface area (Å²) in [6, 6.07) is 0. The van der Waals surface area contributed by atoms with Crippen molar-refractivity contribution in [2.75, 3.05) is 0 Å². The summed E-state index contributed by atoms with van der Waals surface area (Å²) < 4.78 is 0. The molecule has 0 atom stereocenters. The zero-order chi connectivity index (χ0) is 13.6. The molecule has 0 aliphatic carbocycles. The van der Waals surface area contributed by atoms with Crippen LogP contribution in [-0.4, -0.2) is 43.9 Å². The van der Waals surface area contributed by atoms with Crippen LogP contribution >= 0.6 is 0 Å². The molecule has 17 heavy (non-hydrogen) atoms. The predicted octanol–water partition coefficient (Wildman–Crippen LogP) is -4.35. The summed E-state index contributed by atoms with van der Waals surface area (Å²) >= 11 is 0. The van der Waals surface area contributed by atoms with Gasteiger partial charge >= 0.3 is 19.5 Å². The standard InChI is InChI=1S/2C4H8O4.Zn/c2*1-2-4(7,8)3(5)6;/h2*7-8H,2H2,1H3,(H,5,6);/q;;+2/p-2. The van der Waals surface area contributed by atoms with Crippen LogP contribution in [0.5, 0.6) is 0 Å². The molecule has 9 heteroatoms. The van der Waals surface area contributed by atoms with Crippen molar-refractivity contribution in [2.45, 2.75) is 38.3 Å². The second-order valence-corrected chi connectivity index (χ2v) is 2.92. The van der Waals surface area contributed by atoms with Gasteiger partial charge in [0.15, 0.2) is 0 Å². The first kappa shape index (κ1) is 21.7. The zero-order valence-corrected chi connectivity index (χ0v) is 12.5. The molecule has 0 unspecified atom stereocenters. The fourth-order valence-electron chi connectivity index (χ4n) is 0.289. The molecule has 0 spiro atoms. The summed E-state index contributed by atoms with van der Waals surface area (Å²) in [5.74, 6) is -9.03. The molecule has 0 bridgehead atoms. The van der Waals surface area contributed by atoms with Gasteiger partial charge in [-0.3, -0.25) is 0 Å². The Morgan fingerprint density at radius 1 is 0.882 bits per heavy atom. The molecule has 0 saturated carbocycles. The Morgan fingerprint density at radius 3 is 1.06 bits per heavy atom. The molecule has 0 aliphatic rings. The fraction of sp³-hybridized carbons (Fsp3) is 0.750. The van der Waals surface area contributed by atoms with Crippen molar-refractivity contribution in [3.05, 3.63) is 0 Å². The number of hydrogen-bond acceptors (Lipinski definition) is 8. The number of hydrogen-bond donors (Lipinski definition) is 4. The molecule has 0 saturated heterocycles. The second-order valence-electron chi connectivity index (χ2n) is 2.92. The second kappa shape index (κ2) is 8.49. The van der Waals surface area contributed by atoms with Crippen LogP contribution in [0.1, 0.15) is 26.7 Å². The minimum Gasteiger partial charge on any atom is -0.544 e. The number of carbonyl (C=O) groups excluding carboxylic acids is 2. The van der Waals surface area contributed by atoms with Gasteiger partial charge in [0.25, 0.3) is 0 Å².